The molecule has 0 aliphatic carbocycles. The minimum Gasteiger partial charge on any atom is -0.359 e. The second kappa shape index (κ2) is 3.87. The van der Waals surface area contributed by atoms with Gasteiger partial charge in [-0.3, -0.25) is 4.55 Å². The van der Waals surface area contributed by atoms with Crippen molar-refractivity contribution in [3.05, 3.63) is 28.9 Å². The highest BCUT2D eigenvalue weighted by atomic mass is 35.5. The molecule has 0 radical (unpaired) electrons. The van der Waals surface area contributed by atoms with Crippen molar-refractivity contribution in [1.82, 2.24) is 4.98 Å². The van der Waals surface area contributed by atoms with Crippen molar-refractivity contribution >= 4 is 32.6 Å². The number of hydrogen-bond acceptors (Lipinski definition) is 2. The fourth-order valence-electron chi connectivity index (χ4n) is 1.64. The normalized spacial score (nSPS) is 13.2. The van der Waals surface area contributed by atoms with Crippen LogP contribution >= 0.6 is 11.6 Å². The van der Waals surface area contributed by atoms with E-state index < -0.39 is 37.3 Å². The van der Waals surface area contributed by atoms with Gasteiger partial charge in [0.05, 0.1) is 16.1 Å². The van der Waals surface area contributed by atoms with Crippen LogP contribution in [-0.2, 0) is 16.3 Å². The molecule has 0 spiro atoms. The minimum absolute atomic E-state index is 0.269. The first-order valence-electron chi connectivity index (χ1n) is 4.46. The monoisotopic (exact) mass is 299 g/mol. The first kappa shape index (κ1) is 13.2. The standard InChI is InChI=1S/C9H5ClF3NO3S/c10-5-2-1-4-6(18(15,16)17)3-14-8(4)7(5)9(11,12)13/h1-3,14H,(H,15,16,17). The Morgan fingerprint density at radius 1 is 1.28 bits per heavy atom. The number of aromatic nitrogens is 1. The SMILES string of the molecule is O=S(=O)(O)c1c[nH]c2c(C(F)(F)F)c(Cl)ccc12. The van der Waals surface area contributed by atoms with Crippen LogP contribution in [0.2, 0.25) is 5.02 Å². The molecule has 4 nitrogen and oxygen atoms in total. The summed E-state index contributed by atoms with van der Waals surface area (Å²) in [4.78, 5) is 1.54. The van der Waals surface area contributed by atoms with Crippen LogP contribution in [0.25, 0.3) is 10.9 Å². The Kier molecular flexibility index (Phi) is 2.84. The third-order valence-electron chi connectivity index (χ3n) is 2.33. The largest absolute Gasteiger partial charge is 0.419 e. The van der Waals surface area contributed by atoms with Crippen LogP contribution in [0.1, 0.15) is 5.56 Å². The number of rotatable bonds is 1. The zero-order chi connectivity index (χ0) is 13.7. The molecule has 9 heteroatoms. The second-order valence-corrected chi connectivity index (χ2v) is 5.27. The molecule has 0 aliphatic rings. The van der Waals surface area contributed by atoms with E-state index in [0.29, 0.717) is 0 Å². The summed E-state index contributed by atoms with van der Waals surface area (Å²) in [5.41, 5.74) is -1.65. The molecule has 0 fully saturated rings. The Labute approximate surface area is 104 Å². The molecular formula is C9H5ClF3NO3S. The molecule has 0 saturated carbocycles. The van der Waals surface area contributed by atoms with Crippen LogP contribution in [0.3, 0.4) is 0 Å². The fourth-order valence-corrected chi connectivity index (χ4v) is 2.56. The summed E-state index contributed by atoms with van der Waals surface area (Å²) in [6.45, 7) is 0. The summed E-state index contributed by atoms with van der Waals surface area (Å²) in [6, 6.07) is 2.02. The van der Waals surface area contributed by atoms with Gasteiger partial charge in [0.1, 0.15) is 4.90 Å². The maximum absolute atomic E-state index is 12.8. The van der Waals surface area contributed by atoms with Crippen LogP contribution in [0.5, 0.6) is 0 Å². The number of alkyl halides is 3. The molecule has 0 amide bonds. The number of nitrogens with one attached hydrogen (secondary N) is 1. The maximum Gasteiger partial charge on any atom is 0.419 e. The van der Waals surface area contributed by atoms with E-state index in [9.17, 15) is 21.6 Å². The molecule has 98 valence electrons. The first-order valence-corrected chi connectivity index (χ1v) is 6.28. The quantitative estimate of drug-likeness (QED) is 0.795. The van der Waals surface area contributed by atoms with E-state index in [1.807, 2.05) is 0 Å². The van der Waals surface area contributed by atoms with Gasteiger partial charge in [0.15, 0.2) is 0 Å². The van der Waals surface area contributed by atoms with E-state index in [0.717, 1.165) is 18.3 Å². The zero-order valence-corrected chi connectivity index (χ0v) is 9.99. The van der Waals surface area contributed by atoms with Gasteiger partial charge >= 0.3 is 6.18 Å². The molecular weight excluding hydrogens is 295 g/mol. The van der Waals surface area contributed by atoms with E-state index in [1.165, 1.54) is 0 Å². The number of hydrogen-bond donors (Lipinski definition) is 2. The summed E-state index contributed by atoms with van der Waals surface area (Å²) < 4.78 is 69.1. The van der Waals surface area contributed by atoms with Gasteiger partial charge in [-0.15, -0.1) is 0 Å². The third-order valence-corrected chi connectivity index (χ3v) is 3.54. The molecule has 18 heavy (non-hydrogen) atoms. The maximum atomic E-state index is 12.8. The van der Waals surface area contributed by atoms with Crippen molar-refractivity contribution in [2.75, 3.05) is 0 Å². The Morgan fingerprint density at radius 3 is 2.39 bits per heavy atom. The highest BCUT2D eigenvalue weighted by Gasteiger charge is 2.36. The Bertz CT molecular complexity index is 720. The lowest BCUT2D eigenvalue weighted by atomic mass is 10.1. The minimum atomic E-state index is -4.74. The summed E-state index contributed by atoms with van der Waals surface area (Å²) in [5.74, 6) is 0. The van der Waals surface area contributed by atoms with Gasteiger partial charge in [-0.05, 0) is 12.1 Å². The van der Waals surface area contributed by atoms with Crippen LogP contribution in [0.4, 0.5) is 13.2 Å². The highest BCUT2D eigenvalue weighted by molar-refractivity contribution is 7.86. The molecule has 2 rings (SSSR count). The van der Waals surface area contributed by atoms with Gasteiger partial charge in [-0.2, -0.15) is 21.6 Å². The molecule has 2 aromatic rings. The van der Waals surface area contributed by atoms with E-state index >= 15 is 0 Å². The fraction of sp³-hybridized carbons (Fsp3) is 0.111. The van der Waals surface area contributed by atoms with Gasteiger partial charge in [-0.1, -0.05) is 11.6 Å². The molecule has 0 atom stereocenters. The van der Waals surface area contributed by atoms with Crippen LogP contribution < -0.4 is 0 Å². The average Bonchev–Trinajstić information content (AvgIpc) is 2.57. The summed E-state index contributed by atoms with van der Waals surface area (Å²) in [6.07, 6.45) is -3.95. The molecule has 0 saturated heterocycles. The van der Waals surface area contributed by atoms with Gasteiger partial charge < -0.3 is 4.98 Å². The van der Waals surface area contributed by atoms with Gasteiger partial charge in [0.25, 0.3) is 10.1 Å². The smallest absolute Gasteiger partial charge is 0.359 e. The number of halogens is 4. The molecule has 1 heterocycles. The van der Waals surface area contributed by atoms with Crippen molar-refractivity contribution < 1.29 is 26.1 Å². The van der Waals surface area contributed by atoms with Gasteiger partial charge in [-0.25, -0.2) is 0 Å². The topological polar surface area (TPSA) is 70.2 Å². The van der Waals surface area contributed by atoms with Crippen LogP contribution in [0, 0.1) is 0 Å². The number of aromatic amines is 1. The summed E-state index contributed by atoms with van der Waals surface area (Å²) >= 11 is 5.46. The molecule has 0 bridgehead atoms. The highest BCUT2D eigenvalue weighted by Crippen LogP contribution is 2.40. The van der Waals surface area contributed by atoms with E-state index in [4.69, 9.17) is 16.2 Å². The van der Waals surface area contributed by atoms with Gasteiger partial charge in [0, 0.05) is 11.6 Å². The van der Waals surface area contributed by atoms with Crippen molar-refractivity contribution in [2.24, 2.45) is 0 Å². The second-order valence-electron chi connectivity index (χ2n) is 3.47. The van der Waals surface area contributed by atoms with E-state index in [-0.39, 0.29) is 5.39 Å². The van der Waals surface area contributed by atoms with Crippen LogP contribution in [0.15, 0.2) is 23.2 Å². The molecule has 0 aliphatic heterocycles. The first-order chi connectivity index (χ1) is 8.12. The lowest BCUT2D eigenvalue weighted by molar-refractivity contribution is -0.136. The van der Waals surface area contributed by atoms with E-state index in [1.54, 1.807) is 0 Å². The predicted octanol–water partition coefficient (Wildman–Crippen LogP) is 3.09. The zero-order valence-electron chi connectivity index (χ0n) is 8.42. The Balaban J connectivity index is 2.91. The number of H-pyrrole nitrogens is 1. The van der Waals surface area contributed by atoms with E-state index in [2.05, 4.69) is 4.98 Å². The molecule has 1 aromatic heterocycles. The predicted molar refractivity (Wildman–Crippen MR) is 58.1 cm³/mol. The number of fused-ring (bicyclic) bond motifs is 1. The summed E-state index contributed by atoms with van der Waals surface area (Å²) in [7, 11) is -4.60. The molecule has 2 N–H and O–H groups in total. The van der Waals surface area contributed by atoms with Gasteiger partial charge in [0.2, 0.25) is 0 Å². The Morgan fingerprint density at radius 2 is 1.89 bits per heavy atom. The Hall–Kier alpha value is -1.25. The summed E-state index contributed by atoms with van der Waals surface area (Å²) in [5, 5.41) is -0.826. The molecule has 0 unspecified atom stereocenters. The third kappa shape index (κ3) is 2.06. The molecule has 1 aromatic carbocycles. The van der Waals surface area contributed by atoms with Crippen molar-refractivity contribution in [1.29, 1.82) is 0 Å². The lowest BCUT2D eigenvalue weighted by Crippen LogP contribution is -2.07. The van der Waals surface area contributed by atoms with Crippen molar-refractivity contribution in [3.63, 3.8) is 0 Å². The average molecular weight is 300 g/mol. The van der Waals surface area contributed by atoms with Crippen molar-refractivity contribution in [3.8, 4) is 0 Å². The van der Waals surface area contributed by atoms with Crippen LogP contribution in [-0.4, -0.2) is 18.0 Å². The number of benzene rings is 1. The van der Waals surface area contributed by atoms with Crippen molar-refractivity contribution in [2.45, 2.75) is 11.1 Å². The lowest BCUT2D eigenvalue weighted by Gasteiger charge is -2.10.